The topological polar surface area (TPSA) is 99.9 Å². The van der Waals surface area contributed by atoms with Gasteiger partial charge in [-0.15, -0.1) is 10.1 Å². The molecule has 9 heteroatoms. The van der Waals surface area contributed by atoms with Crippen LogP contribution in [0.15, 0.2) is 6.33 Å². The van der Waals surface area contributed by atoms with Gasteiger partial charge in [-0.25, -0.2) is 0 Å². The lowest BCUT2D eigenvalue weighted by molar-refractivity contribution is 0.352. The first-order valence-corrected chi connectivity index (χ1v) is 5.28. The van der Waals surface area contributed by atoms with E-state index in [9.17, 15) is 0 Å². The minimum Gasteiger partial charge on any atom is -0.467 e. The summed E-state index contributed by atoms with van der Waals surface area (Å²) in [5.41, 5.74) is 0. The van der Waals surface area contributed by atoms with Crippen molar-refractivity contribution in [2.45, 2.75) is 6.92 Å². The number of methoxy groups -OCH3 is 1. The number of ether oxygens (including phenoxy) is 2. The molecule has 0 saturated heterocycles. The Kier molecular flexibility index (Phi) is 3.51. The van der Waals surface area contributed by atoms with E-state index in [0.29, 0.717) is 12.5 Å². The van der Waals surface area contributed by atoms with Crippen molar-refractivity contribution >= 4 is 5.95 Å². The van der Waals surface area contributed by atoms with Crippen LogP contribution in [0.3, 0.4) is 0 Å². The highest BCUT2D eigenvalue weighted by molar-refractivity contribution is 5.27. The summed E-state index contributed by atoms with van der Waals surface area (Å²) < 4.78 is 11.8. The molecule has 0 aliphatic carbocycles. The second kappa shape index (κ2) is 5.25. The molecule has 2 aromatic heterocycles. The summed E-state index contributed by atoms with van der Waals surface area (Å²) in [6.07, 6.45) is 1.51. The summed E-state index contributed by atoms with van der Waals surface area (Å²) in [4.78, 5) is 15.9. The lowest BCUT2D eigenvalue weighted by Crippen LogP contribution is -2.06. The Labute approximate surface area is 103 Å². The van der Waals surface area contributed by atoms with Crippen molar-refractivity contribution in [3.05, 3.63) is 6.33 Å². The molecule has 1 N–H and O–H groups in total. The summed E-state index contributed by atoms with van der Waals surface area (Å²) in [6.45, 7) is 2.60. The molecule has 0 aromatic carbocycles. The van der Waals surface area contributed by atoms with E-state index in [-0.39, 0.29) is 18.0 Å². The van der Waals surface area contributed by atoms with Gasteiger partial charge in [0, 0.05) is 13.6 Å². The first-order valence-electron chi connectivity index (χ1n) is 5.28. The number of rotatable bonds is 5. The summed E-state index contributed by atoms with van der Waals surface area (Å²) in [5.74, 6) is 0.371. The minimum absolute atomic E-state index is 0.0731. The molecule has 0 unspecified atom stereocenters. The van der Waals surface area contributed by atoms with Crippen LogP contribution in [-0.2, 0) is 7.05 Å². The molecule has 9 nitrogen and oxygen atoms in total. The predicted octanol–water partition coefficient (Wildman–Crippen LogP) is 0.233. The van der Waals surface area contributed by atoms with Gasteiger partial charge in [0.15, 0.2) is 0 Å². The van der Waals surface area contributed by atoms with Gasteiger partial charge in [0.05, 0.1) is 7.11 Å². The molecule has 2 aromatic rings. The van der Waals surface area contributed by atoms with Gasteiger partial charge in [-0.1, -0.05) is 0 Å². The highest BCUT2D eigenvalue weighted by Gasteiger charge is 2.10. The van der Waals surface area contributed by atoms with Crippen molar-refractivity contribution in [3.63, 3.8) is 0 Å². The molecule has 18 heavy (non-hydrogen) atoms. The molecular formula is C9H13N7O2. The number of nitrogens with one attached hydrogen (secondary N) is 1. The standard InChI is InChI=1S/C9H13N7O2/c1-4-10-6-12-8(17-3)14-9(13-6)18-7-11-5-16(2)15-7/h5H,4H2,1-3H3,(H,10,12,13,14). The quantitative estimate of drug-likeness (QED) is 0.806. The third-order valence-electron chi connectivity index (χ3n) is 1.87. The van der Waals surface area contributed by atoms with E-state index in [1.165, 1.54) is 18.1 Å². The molecule has 0 aliphatic rings. The second-order valence-corrected chi connectivity index (χ2v) is 3.26. The summed E-state index contributed by atoms with van der Waals surface area (Å²) in [5, 5.41) is 6.90. The fourth-order valence-electron chi connectivity index (χ4n) is 1.16. The molecule has 96 valence electrons. The first-order chi connectivity index (χ1) is 8.71. The largest absolute Gasteiger partial charge is 0.467 e. The Morgan fingerprint density at radius 1 is 1.22 bits per heavy atom. The molecule has 0 radical (unpaired) electrons. The van der Waals surface area contributed by atoms with Gasteiger partial charge in [0.25, 0.3) is 0 Å². The van der Waals surface area contributed by atoms with Crippen LogP contribution in [0.2, 0.25) is 0 Å². The molecule has 0 bridgehead atoms. The zero-order valence-corrected chi connectivity index (χ0v) is 10.3. The molecule has 0 amide bonds. The maximum absolute atomic E-state index is 5.30. The lowest BCUT2D eigenvalue weighted by atomic mass is 10.7. The van der Waals surface area contributed by atoms with Crippen molar-refractivity contribution < 1.29 is 9.47 Å². The highest BCUT2D eigenvalue weighted by Crippen LogP contribution is 2.16. The van der Waals surface area contributed by atoms with Crippen LogP contribution in [-0.4, -0.2) is 43.4 Å². The van der Waals surface area contributed by atoms with Crippen molar-refractivity contribution in [2.24, 2.45) is 7.05 Å². The Morgan fingerprint density at radius 2 is 2.00 bits per heavy atom. The summed E-state index contributed by atoms with van der Waals surface area (Å²) in [6, 6.07) is 0.393. The number of hydrogen-bond acceptors (Lipinski definition) is 8. The summed E-state index contributed by atoms with van der Waals surface area (Å²) in [7, 11) is 3.20. The Balaban J connectivity index is 2.23. The number of nitrogens with zero attached hydrogens (tertiary/aromatic N) is 6. The van der Waals surface area contributed by atoms with Crippen LogP contribution in [0.5, 0.6) is 18.0 Å². The van der Waals surface area contributed by atoms with E-state index >= 15 is 0 Å². The van der Waals surface area contributed by atoms with Crippen LogP contribution in [0.1, 0.15) is 6.92 Å². The molecule has 2 heterocycles. The first kappa shape index (κ1) is 12.0. The maximum Gasteiger partial charge on any atom is 0.343 e. The highest BCUT2D eigenvalue weighted by atomic mass is 16.5. The number of aromatic nitrogens is 6. The molecule has 0 atom stereocenters. The fourth-order valence-corrected chi connectivity index (χ4v) is 1.16. The molecule has 0 spiro atoms. The average molecular weight is 251 g/mol. The maximum atomic E-state index is 5.30. The number of aryl methyl sites for hydroxylation is 1. The lowest BCUT2D eigenvalue weighted by Gasteiger charge is -2.05. The van der Waals surface area contributed by atoms with E-state index in [1.54, 1.807) is 7.05 Å². The zero-order chi connectivity index (χ0) is 13.0. The monoisotopic (exact) mass is 251 g/mol. The minimum atomic E-state index is 0.0731. The second-order valence-electron chi connectivity index (χ2n) is 3.26. The number of anilines is 1. The normalized spacial score (nSPS) is 10.2. The van der Waals surface area contributed by atoms with E-state index in [2.05, 4.69) is 30.4 Å². The van der Waals surface area contributed by atoms with Crippen molar-refractivity contribution in [3.8, 4) is 18.0 Å². The fraction of sp³-hybridized carbons (Fsp3) is 0.444. The van der Waals surface area contributed by atoms with Gasteiger partial charge in [0.1, 0.15) is 6.33 Å². The Bertz CT molecular complexity index is 527. The Morgan fingerprint density at radius 3 is 2.61 bits per heavy atom. The molecule has 2 rings (SSSR count). The van der Waals surface area contributed by atoms with Crippen molar-refractivity contribution in [1.29, 1.82) is 0 Å². The van der Waals surface area contributed by atoms with E-state index in [0.717, 1.165) is 0 Å². The van der Waals surface area contributed by atoms with E-state index in [1.807, 2.05) is 6.92 Å². The smallest absolute Gasteiger partial charge is 0.343 e. The van der Waals surface area contributed by atoms with Gasteiger partial charge in [-0.2, -0.15) is 15.0 Å². The van der Waals surface area contributed by atoms with Crippen LogP contribution in [0.4, 0.5) is 5.95 Å². The van der Waals surface area contributed by atoms with Gasteiger partial charge in [0.2, 0.25) is 5.95 Å². The molecule has 0 fully saturated rings. The zero-order valence-electron chi connectivity index (χ0n) is 10.3. The predicted molar refractivity (Wildman–Crippen MR) is 61.6 cm³/mol. The summed E-state index contributed by atoms with van der Waals surface area (Å²) >= 11 is 0. The van der Waals surface area contributed by atoms with Crippen LogP contribution >= 0.6 is 0 Å². The van der Waals surface area contributed by atoms with Gasteiger partial charge in [-0.3, -0.25) is 4.68 Å². The van der Waals surface area contributed by atoms with Crippen LogP contribution in [0.25, 0.3) is 0 Å². The average Bonchev–Trinajstić information content (AvgIpc) is 2.75. The van der Waals surface area contributed by atoms with E-state index in [4.69, 9.17) is 9.47 Å². The van der Waals surface area contributed by atoms with Gasteiger partial charge >= 0.3 is 18.0 Å². The molecule has 0 aliphatic heterocycles. The molecular weight excluding hydrogens is 238 g/mol. The number of hydrogen-bond donors (Lipinski definition) is 1. The van der Waals surface area contributed by atoms with Crippen LogP contribution < -0.4 is 14.8 Å². The SMILES string of the molecule is CCNc1nc(OC)nc(Oc2ncn(C)n2)n1. The van der Waals surface area contributed by atoms with E-state index < -0.39 is 0 Å². The van der Waals surface area contributed by atoms with Gasteiger partial charge in [-0.05, 0) is 6.92 Å². The van der Waals surface area contributed by atoms with Crippen molar-refractivity contribution in [2.75, 3.05) is 19.0 Å². The third kappa shape index (κ3) is 2.81. The van der Waals surface area contributed by atoms with Crippen molar-refractivity contribution in [1.82, 2.24) is 29.7 Å². The van der Waals surface area contributed by atoms with Gasteiger partial charge < -0.3 is 14.8 Å². The third-order valence-corrected chi connectivity index (χ3v) is 1.87. The molecule has 0 saturated carbocycles. The Hall–Kier alpha value is -2.45. The van der Waals surface area contributed by atoms with Crippen LogP contribution in [0, 0.1) is 0 Å².